The van der Waals surface area contributed by atoms with E-state index in [-0.39, 0.29) is 0 Å². The highest BCUT2D eigenvalue weighted by Crippen LogP contribution is 2.19. The van der Waals surface area contributed by atoms with E-state index >= 15 is 0 Å². The molecular weight excluding hydrogens is 160 g/mol. The molecule has 0 spiro atoms. The number of nitrogens with zero attached hydrogens (tertiary/aromatic N) is 2. The summed E-state index contributed by atoms with van der Waals surface area (Å²) in [4.78, 5) is 2.60. The highest BCUT2D eigenvalue weighted by molar-refractivity contribution is 4.64. The quantitative estimate of drug-likeness (QED) is 0.594. The second-order valence-corrected chi connectivity index (χ2v) is 5.20. The van der Waals surface area contributed by atoms with Gasteiger partial charge in [0.05, 0.1) is 19.6 Å². The normalized spacial score (nSPS) is 31.6. The van der Waals surface area contributed by atoms with Crippen LogP contribution in [0.4, 0.5) is 0 Å². The standard InChI is InChI=1S/C11H25N2/c1-10(2)12-7-6-8-13(5,9-12)11(3)4/h10-11H,6-9H2,1-5H3/q+1. The number of rotatable bonds is 2. The van der Waals surface area contributed by atoms with E-state index in [0.29, 0.717) is 6.04 Å². The van der Waals surface area contributed by atoms with Gasteiger partial charge in [0.25, 0.3) is 0 Å². The van der Waals surface area contributed by atoms with Crippen molar-refractivity contribution < 1.29 is 4.48 Å². The third-order valence-electron chi connectivity index (χ3n) is 3.60. The van der Waals surface area contributed by atoms with Crippen molar-refractivity contribution in [2.45, 2.75) is 46.2 Å². The predicted molar refractivity (Wildman–Crippen MR) is 57.5 cm³/mol. The Bertz CT molecular complexity index is 165. The molecule has 0 aliphatic carbocycles. The van der Waals surface area contributed by atoms with Crippen LogP contribution in [0.15, 0.2) is 0 Å². The zero-order chi connectivity index (χ0) is 10.1. The smallest absolute Gasteiger partial charge is 0.135 e. The van der Waals surface area contributed by atoms with Gasteiger partial charge in [0, 0.05) is 19.0 Å². The summed E-state index contributed by atoms with van der Waals surface area (Å²) in [6.07, 6.45) is 1.35. The van der Waals surface area contributed by atoms with Crippen LogP contribution in [0.1, 0.15) is 34.1 Å². The van der Waals surface area contributed by atoms with Crippen LogP contribution in [0, 0.1) is 0 Å². The van der Waals surface area contributed by atoms with Crippen LogP contribution in [0.25, 0.3) is 0 Å². The fraction of sp³-hybridized carbons (Fsp3) is 1.00. The van der Waals surface area contributed by atoms with E-state index in [2.05, 4.69) is 39.6 Å². The first kappa shape index (κ1) is 11.0. The maximum atomic E-state index is 2.60. The molecule has 1 aliphatic heterocycles. The summed E-state index contributed by atoms with van der Waals surface area (Å²) < 4.78 is 1.22. The van der Waals surface area contributed by atoms with Crippen LogP contribution < -0.4 is 0 Å². The minimum atomic E-state index is 0.705. The Hall–Kier alpha value is -0.0800. The molecule has 0 aromatic rings. The van der Waals surface area contributed by atoms with E-state index in [0.717, 1.165) is 6.04 Å². The predicted octanol–water partition coefficient (Wildman–Crippen LogP) is 1.91. The highest BCUT2D eigenvalue weighted by Gasteiger charge is 2.32. The van der Waals surface area contributed by atoms with Crippen LogP contribution in [-0.4, -0.2) is 48.3 Å². The Kier molecular flexibility index (Phi) is 3.36. The molecule has 1 saturated heterocycles. The molecule has 0 aromatic carbocycles. The summed E-state index contributed by atoms with van der Waals surface area (Å²) in [5.74, 6) is 0. The topological polar surface area (TPSA) is 3.24 Å². The zero-order valence-electron chi connectivity index (χ0n) is 9.88. The lowest BCUT2D eigenvalue weighted by atomic mass is 10.1. The van der Waals surface area contributed by atoms with Crippen LogP contribution in [0.5, 0.6) is 0 Å². The van der Waals surface area contributed by atoms with Crippen molar-refractivity contribution in [3.8, 4) is 0 Å². The van der Waals surface area contributed by atoms with Crippen LogP contribution >= 0.6 is 0 Å². The van der Waals surface area contributed by atoms with E-state index in [4.69, 9.17) is 0 Å². The maximum absolute atomic E-state index is 2.60. The molecule has 0 radical (unpaired) electrons. The second-order valence-electron chi connectivity index (χ2n) is 5.20. The zero-order valence-corrected chi connectivity index (χ0v) is 9.88. The molecule has 0 amide bonds. The van der Waals surface area contributed by atoms with Crippen molar-refractivity contribution in [3.63, 3.8) is 0 Å². The van der Waals surface area contributed by atoms with Gasteiger partial charge in [-0.2, -0.15) is 0 Å². The Morgan fingerprint density at radius 1 is 1.15 bits per heavy atom. The highest BCUT2D eigenvalue weighted by atomic mass is 15.5. The molecule has 1 fully saturated rings. The molecule has 0 bridgehead atoms. The summed E-state index contributed by atoms with van der Waals surface area (Å²) in [6, 6.07) is 1.46. The third-order valence-corrected chi connectivity index (χ3v) is 3.60. The van der Waals surface area contributed by atoms with Gasteiger partial charge in [-0.05, 0) is 27.7 Å². The summed E-state index contributed by atoms with van der Waals surface area (Å²) in [5, 5.41) is 0. The molecule has 1 unspecified atom stereocenters. The van der Waals surface area contributed by atoms with Crippen molar-refractivity contribution in [1.29, 1.82) is 0 Å². The Balaban J connectivity index is 2.60. The van der Waals surface area contributed by atoms with E-state index in [1.165, 1.54) is 30.7 Å². The molecule has 1 rings (SSSR count). The van der Waals surface area contributed by atoms with Crippen molar-refractivity contribution in [2.24, 2.45) is 0 Å². The van der Waals surface area contributed by atoms with E-state index in [9.17, 15) is 0 Å². The van der Waals surface area contributed by atoms with Crippen molar-refractivity contribution >= 4 is 0 Å². The lowest BCUT2D eigenvalue weighted by molar-refractivity contribution is -0.944. The molecule has 0 N–H and O–H groups in total. The summed E-state index contributed by atoms with van der Waals surface area (Å²) in [5.41, 5.74) is 0. The average molecular weight is 185 g/mol. The number of quaternary nitrogens is 1. The first-order valence-electron chi connectivity index (χ1n) is 5.54. The van der Waals surface area contributed by atoms with Gasteiger partial charge >= 0.3 is 0 Å². The molecule has 0 aromatic heterocycles. The second kappa shape index (κ2) is 3.97. The molecule has 0 saturated carbocycles. The van der Waals surface area contributed by atoms with E-state index < -0.39 is 0 Å². The van der Waals surface area contributed by atoms with Crippen molar-refractivity contribution in [3.05, 3.63) is 0 Å². The lowest BCUT2D eigenvalue weighted by Crippen LogP contribution is -2.61. The van der Waals surface area contributed by atoms with Crippen molar-refractivity contribution in [1.82, 2.24) is 4.90 Å². The monoisotopic (exact) mass is 185 g/mol. The Morgan fingerprint density at radius 3 is 2.23 bits per heavy atom. The van der Waals surface area contributed by atoms with E-state index in [1.807, 2.05) is 0 Å². The first-order chi connectivity index (χ1) is 5.96. The van der Waals surface area contributed by atoms with E-state index in [1.54, 1.807) is 0 Å². The van der Waals surface area contributed by atoms with Gasteiger partial charge in [-0.3, -0.25) is 4.90 Å². The number of hydrogen-bond donors (Lipinski definition) is 0. The third kappa shape index (κ3) is 2.44. The molecule has 2 nitrogen and oxygen atoms in total. The molecule has 1 heterocycles. The van der Waals surface area contributed by atoms with Gasteiger partial charge in [0.2, 0.25) is 0 Å². The summed E-state index contributed by atoms with van der Waals surface area (Å²) in [6.45, 7) is 13.1. The lowest BCUT2D eigenvalue weighted by Gasteiger charge is -2.47. The van der Waals surface area contributed by atoms with Gasteiger partial charge in [-0.1, -0.05) is 0 Å². The largest absolute Gasteiger partial charge is 0.312 e. The Labute approximate surface area is 83.1 Å². The van der Waals surface area contributed by atoms with Gasteiger partial charge in [0.15, 0.2) is 0 Å². The maximum Gasteiger partial charge on any atom is 0.135 e. The SMILES string of the molecule is CC(C)N1CCC[N+](C)(C(C)C)C1. The molecule has 78 valence electrons. The van der Waals surface area contributed by atoms with Gasteiger partial charge in [-0.15, -0.1) is 0 Å². The summed E-state index contributed by atoms with van der Waals surface area (Å²) in [7, 11) is 2.39. The fourth-order valence-electron chi connectivity index (χ4n) is 2.03. The average Bonchev–Trinajstić information content (AvgIpc) is 2.04. The Morgan fingerprint density at radius 2 is 1.77 bits per heavy atom. The van der Waals surface area contributed by atoms with Gasteiger partial charge < -0.3 is 4.48 Å². The molecule has 1 aliphatic rings. The minimum absolute atomic E-state index is 0.705. The molecule has 2 heteroatoms. The van der Waals surface area contributed by atoms with Gasteiger partial charge in [-0.25, -0.2) is 0 Å². The minimum Gasteiger partial charge on any atom is -0.312 e. The van der Waals surface area contributed by atoms with Crippen LogP contribution in [0.3, 0.4) is 0 Å². The summed E-state index contributed by atoms with van der Waals surface area (Å²) >= 11 is 0. The van der Waals surface area contributed by atoms with Crippen molar-refractivity contribution in [2.75, 3.05) is 26.8 Å². The number of hydrogen-bond acceptors (Lipinski definition) is 1. The van der Waals surface area contributed by atoms with Gasteiger partial charge in [0.1, 0.15) is 6.67 Å². The van der Waals surface area contributed by atoms with Crippen LogP contribution in [-0.2, 0) is 0 Å². The fourth-order valence-corrected chi connectivity index (χ4v) is 2.03. The molecular formula is C11H25N2+. The molecule has 1 atom stereocenters. The van der Waals surface area contributed by atoms with Crippen LogP contribution in [0.2, 0.25) is 0 Å². The molecule has 13 heavy (non-hydrogen) atoms. The first-order valence-corrected chi connectivity index (χ1v) is 5.54.